The molecule has 1 aliphatic rings. The van der Waals surface area contributed by atoms with Gasteiger partial charge in [-0.2, -0.15) is 0 Å². The van der Waals surface area contributed by atoms with Crippen LogP contribution in [0.5, 0.6) is 5.75 Å². The van der Waals surface area contributed by atoms with Crippen LogP contribution >= 0.6 is 0 Å². The average Bonchev–Trinajstić information content (AvgIpc) is 3.11. The molecule has 2 amide bonds. The number of rotatable bonds is 13. The molecular weight excluding hydrogens is 623 g/mol. The fraction of sp³-hybridized carbons (Fsp3) is 0.333. The van der Waals surface area contributed by atoms with Gasteiger partial charge >= 0.3 is 0 Å². The fourth-order valence-corrected chi connectivity index (χ4v) is 7.80. The first-order valence-corrected chi connectivity index (χ1v) is 18.0. The molecule has 1 aliphatic carbocycles. The number of amides is 2. The van der Waals surface area contributed by atoms with E-state index in [0.717, 1.165) is 54.4 Å². The highest BCUT2D eigenvalue weighted by Gasteiger charge is 2.36. The quantitative estimate of drug-likeness (QED) is 0.174. The van der Waals surface area contributed by atoms with E-state index in [-0.39, 0.29) is 29.8 Å². The third-order valence-corrected chi connectivity index (χ3v) is 10.9. The van der Waals surface area contributed by atoms with Crippen LogP contribution in [0.2, 0.25) is 0 Å². The molecule has 0 spiro atoms. The van der Waals surface area contributed by atoms with Gasteiger partial charge in [0.2, 0.25) is 11.8 Å². The van der Waals surface area contributed by atoms with Crippen LogP contribution in [0.3, 0.4) is 0 Å². The molecule has 0 heterocycles. The second-order valence-corrected chi connectivity index (χ2v) is 14.3. The van der Waals surface area contributed by atoms with Gasteiger partial charge in [0.15, 0.2) is 0 Å². The molecule has 4 aromatic rings. The Labute approximate surface area is 284 Å². The van der Waals surface area contributed by atoms with Gasteiger partial charge in [-0.05, 0) is 79.3 Å². The van der Waals surface area contributed by atoms with Crippen molar-refractivity contribution in [3.63, 3.8) is 0 Å². The molecule has 0 radical (unpaired) electrons. The van der Waals surface area contributed by atoms with Crippen molar-refractivity contribution in [2.45, 2.75) is 75.9 Å². The third kappa shape index (κ3) is 8.44. The Balaban J connectivity index is 1.59. The predicted molar refractivity (Wildman–Crippen MR) is 189 cm³/mol. The summed E-state index contributed by atoms with van der Waals surface area (Å²) in [4.78, 5) is 30.7. The molecule has 0 saturated heterocycles. The number of nitrogens with one attached hydrogen (secondary N) is 1. The zero-order valence-corrected chi connectivity index (χ0v) is 28.8. The summed E-state index contributed by atoms with van der Waals surface area (Å²) in [5.74, 6) is -0.112. The average molecular weight is 668 g/mol. The minimum atomic E-state index is -4.17. The van der Waals surface area contributed by atoms with E-state index in [1.807, 2.05) is 74.5 Å². The molecule has 1 atom stereocenters. The number of ether oxygens (including phenoxy) is 1. The largest absolute Gasteiger partial charge is 0.497 e. The molecule has 48 heavy (non-hydrogen) atoms. The van der Waals surface area contributed by atoms with E-state index >= 15 is 0 Å². The zero-order valence-electron chi connectivity index (χ0n) is 28.0. The Kier molecular flexibility index (Phi) is 11.5. The molecule has 1 N–H and O–H groups in total. The molecule has 1 unspecified atom stereocenters. The lowest BCUT2D eigenvalue weighted by Crippen LogP contribution is -2.55. The molecule has 5 rings (SSSR count). The van der Waals surface area contributed by atoms with Crippen molar-refractivity contribution in [1.29, 1.82) is 0 Å². The second-order valence-electron chi connectivity index (χ2n) is 12.5. The highest BCUT2D eigenvalue weighted by atomic mass is 32.2. The van der Waals surface area contributed by atoms with Crippen molar-refractivity contribution in [3.8, 4) is 5.75 Å². The predicted octanol–water partition coefficient (Wildman–Crippen LogP) is 6.60. The minimum absolute atomic E-state index is 0.0307. The summed E-state index contributed by atoms with van der Waals surface area (Å²) < 4.78 is 35.3. The molecule has 1 saturated carbocycles. The molecule has 1 fully saturated rings. The van der Waals surface area contributed by atoms with Gasteiger partial charge in [0.25, 0.3) is 10.0 Å². The number of methoxy groups -OCH3 is 1. The number of nitrogens with zero attached hydrogens (tertiary/aromatic N) is 2. The van der Waals surface area contributed by atoms with E-state index in [1.165, 1.54) is 16.4 Å². The first-order valence-electron chi connectivity index (χ1n) is 16.6. The molecule has 0 aliphatic heterocycles. The Morgan fingerprint density at radius 1 is 0.833 bits per heavy atom. The number of hydrogen-bond donors (Lipinski definition) is 1. The Bertz CT molecular complexity index is 1790. The smallest absolute Gasteiger partial charge is 0.264 e. The molecule has 0 aromatic heterocycles. The van der Waals surface area contributed by atoms with Crippen LogP contribution in [0.4, 0.5) is 5.69 Å². The van der Waals surface area contributed by atoms with Crippen LogP contribution in [-0.2, 0) is 32.6 Å². The Morgan fingerprint density at radius 2 is 1.48 bits per heavy atom. The normalized spacial score (nSPS) is 14.1. The number of hydrogen-bond acceptors (Lipinski definition) is 5. The topological polar surface area (TPSA) is 96.0 Å². The van der Waals surface area contributed by atoms with E-state index < -0.39 is 28.5 Å². The summed E-state index contributed by atoms with van der Waals surface area (Å²) in [7, 11) is -2.59. The molecule has 9 heteroatoms. The maximum Gasteiger partial charge on any atom is 0.264 e. The van der Waals surface area contributed by atoms with Crippen LogP contribution in [0.1, 0.15) is 54.4 Å². The van der Waals surface area contributed by atoms with Crippen molar-refractivity contribution >= 4 is 27.5 Å². The van der Waals surface area contributed by atoms with Crippen LogP contribution in [-0.4, -0.2) is 50.9 Å². The molecule has 252 valence electrons. The van der Waals surface area contributed by atoms with Crippen LogP contribution < -0.4 is 14.4 Å². The second kappa shape index (κ2) is 16.0. The number of aryl methyl sites for hydroxylation is 1. The molecular formula is C39H45N3O5S. The third-order valence-electron chi connectivity index (χ3n) is 9.16. The van der Waals surface area contributed by atoms with E-state index in [2.05, 4.69) is 5.32 Å². The number of carbonyl (C=O) groups excluding carboxylic acids is 2. The first kappa shape index (κ1) is 34.7. The summed E-state index contributed by atoms with van der Waals surface area (Å²) in [6.07, 6.45) is 5.28. The van der Waals surface area contributed by atoms with Gasteiger partial charge in [-0.15, -0.1) is 0 Å². The number of benzene rings is 4. The van der Waals surface area contributed by atoms with Crippen molar-refractivity contribution in [2.24, 2.45) is 0 Å². The summed E-state index contributed by atoms with van der Waals surface area (Å²) >= 11 is 0. The van der Waals surface area contributed by atoms with Gasteiger partial charge in [-0.3, -0.25) is 13.9 Å². The maximum atomic E-state index is 14.8. The van der Waals surface area contributed by atoms with Crippen LogP contribution in [0.25, 0.3) is 0 Å². The molecule has 4 aromatic carbocycles. The van der Waals surface area contributed by atoms with E-state index in [0.29, 0.717) is 11.4 Å². The number of carbonyl (C=O) groups is 2. The summed E-state index contributed by atoms with van der Waals surface area (Å²) in [6.45, 7) is 3.35. The van der Waals surface area contributed by atoms with Crippen molar-refractivity contribution in [1.82, 2.24) is 10.2 Å². The van der Waals surface area contributed by atoms with E-state index in [9.17, 15) is 18.0 Å². The number of anilines is 1. The van der Waals surface area contributed by atoms with Gasteiger partial charge in [0.1, 0.15) is 18.3 Å². The Hall–Kier alpha value is -4.63. The van der Waals surface area contributed by atoms with Gasteiger partial charge in [0, 0.05) is 19.0 Å². The number of sulfonamides is 1. The van der Waals surface area contributed by atoms with E-state index in [4.69, 9.17) is 4.74 Å². The summed E-state index contributed by atoms with van der Waals surface area (Å²) in [6, 6.07) is 29.7. The SMILES string of the molecule is COc1cccc(CN(C(=O)CN(c2cccc(C)c2C)S(=O)(=O)c2ccccc2)C(Cc2ccccc2)C(=O)NC2CCCCC2)c1. The van der Waals surface area contributed by atoms with Crippen LogP contribution in [0.15, 0.2) is 108 Å². The highest BCUT2D eigenvalue weighted by molar-refractivity contribution is 7.92. The lowest BCUT2D eigenvalue weighted by atomic mass is 9.94. The summed E-state index contributed by atoms with van der Waals surface area (Å²) in [5, 5.41) is 3.25. The first-order chi connectivity index (χ1) is 23.2. The van der Waals surface area contributed by atoms with Gasteiger partial charge in [-0.25, -0.2) is 8.42 Å². The highest BCUT2D eigenvalue weighted by Crippen LogP contribution is 2.30. The standard InChI is InChI=1S/C39H45N3O5S/c1-29-15-13-24-36(30(29)2)42(48(45,46)35-22-11-6-12-23-35)28-38(43)41(27-32-18-14-21-34(25-32)47-3)37(26-31-16-7-4-8-17-31)39(44)40-33-19-9-5-10-20-33/h4,6-8,11-18,21-25,33,37H,5,9-10,19-20,26-28H2,1-3H3,(H,40,44). The Morgan fingerprint density at radius 3 is 2.17 bits per heavy atom. The lowest BCUT2D eigenvalue weighted by molar-refractivity contribution is -0.140. The van der Waals surface area contributed by atoms with Gasteiger partial charge in [0.05, 0.1) is 17.7 Å². The van der Waals surface area contributed by atoms with Crippen molar-refractivity contribution in [2.75, 3.05) is 18.0 Å². The summed E-state index contributed by atoms with van der Waals surface area (Å²) in [5.41, 5.74) is 3.72. The van der Waals surface area contributed by atoms with Gasteiger partial charge < -0.3 is 15.0 Å². The minimum Gasteiger partial charge on any atom is -0.497 e. The zero-order chi connectivity index (χ0) is 34.1. The van der Waals surface area contributed by atoms with Crippen molar-refractivity contribution < 1.29 is 22.7 Å². The van der Waals surface area contributed by atoms with Gasteiger partial charge in [-0.1, -0.05) is 92.1 Å². The monoisotopic (exact) mass is 667 g/mol. The molecule has 0 bridgehead atoms. The van der Waals surface area contributed by atoms with Crippen LogP contribution in [0, 0.1) is 13.8 Å². The fourth-order valence-electron chi connectivity index (χ4n) is 6.30. The van der Waals surface area contributed by atoms with E-state index in [1.54, 1.807) is 42.3 Å². The molecule has 8 nitrogen and oxygen atoms in total. The van der Waals surface area contributed by atoms with Crippen molar-refractivity contribution in [3.05, 3.63) is 125 Å². The lowest BCUT2D eigenvalue weighted by Gasteiger charge is -2.35. The maximum absolute atomic E-state index is 14.8.